The molecule has 0 saturated heterocycles. The highest BCUT2D eigenvalue weighted by molar-refractivity contribution is 5.83. The van der Waals surface area contributed by atoms with Gasteiger partial charge in [0.15, 0.2) is 11.6 Å². The Morgan fingerprint density at radius 3 is 2.52 bits per heavy atom. The highest BCUT2D eigenvalue weighted by atomic mass is 19.1. The molecule has 0 unspecified atom stereocenters. The van der Waals surface area contributed by atoms with Crippen LogP contribution in [-0.4, -0.2) is 79.1 Å². The number of halogens is 2. The van der Waals surface area contributed by atoms with Crippen molar-refractivity contribution in [1.29, 1.82) is 0 Å². The number of imidazole rings is 1. The van der Waals surface area contributed by atoms with E-state index in [-0.39, 0.29) is 29.2 Å². The molecule has 0 aliphatic carbocycles. The SMILES string of the molecule is Cc1nc2c(F)cc(-c3nc(Nc4ccc5c(n4)C[C@H](C)N(CCN(C)C)C5)ncc3F)cc2n1C(C)(C)C.O=CO. The van der Waals surface area contributed by atoms with Crippen LogP contribution >= 0.6 is 0 Å². The molecule has 42 heavy (non-hydrogen) atoms. The van der Waals surface area contributed by atoms with Gasteiger partial charge in [-0.25, -0.2) is 28.7 Å². The third-order valence-corrected chi connectivity index (χ3v) is 7.20. The van der Waals surface area contributed by atoms with E-state index in [0.29, 0.717) is 28.8 Å². The minimum Gasteiger partial charge on any atom is -0.483 e. The highest BCUT2D eigenvalue weighted by Crippen LogP contribution is 2.32. The Morgan fingerprint density at radius 2 is 1.86 bits per heavy atom. The van der Waals surface area contributed by atoms with Crippen molar-refractivity contribution in [2.24, 2.45) is 0 Å². The van der Waals surface area contributed by atoms with E-state index in [2.05, 4.69) is 57.2 Å². The summed E-state index contributed by atoms with van der Waals surface area (Å²) in [6, 6.07) is 7.35. The Hall–Kier alpha value is -4.03. The number of pyridine rings is 1. The lowest BCUT2D eigenvalue weighted by molar-refractivity contribution is -0.122. The standard InChI is InChI=1S/C29H36F2N8.CH2O2/c1-17-12-23-19(16-38(17)11-10-37(6)7)8-9-25(34-23)35-28-32-15-22(31)26(36-28)20-13-21(30)27-24(14-20)39(18(2)33-27)29(3,4)5;2-1-3/h8-9,13-15,17H,10-12,16H2,1-7H3,(H,32,34,35,36);1H,(H,2,3)/t17-;/m0./s1. The molecular formula is C30H38F2N8O2. The lowest BCUT2D eigenvalue weighted by Gasteiger charge is -2.35. The van der Waals surface area contributed by atoms with Crippen molar-refractivity contribution in [2.45, 2.75) is 59.2 Å². The van der Waals surface area contributed by atoms with Gasteiger partial charge in [0.25, 0.3) is 6.47 Å². The van der Waals surface area contributed by atoms with E-state index in [9.17, 15) is 4.39 Å². The maximum atomic E-state index is 15.1. The summed E-state index contributed by atoms with van der Waals surface area (Å²) in [6.45, 7) is 12.7. The predicted molar refractivity (Wildman–Crippen MR) is 159 cm³/mol. The fraction of sp³-hybridized carbons (Fsp3) is 0.433. The molecule has 4 aromatic rings. The van der Waals surface area contributed by atoms with Gasteiger partial charge in [0, 0.05) is 48.9 Å². The second-order valence-electron chi connectivity index (χ2n) is 11.7. The number of fused-ring (bicyclic) bond motifs is 2. The van der Waals surface area contributed by atoms with Crippen molar-refractivity contribution < 1.29 is 18.7 Å². The van der Waals surface area contributed by atoms with Gasteiger partial charge in [0.1, 0.15) is 22.9 Å². The van der Waals surface area contributed by atoms with Gasteiger partial charge in [0.2, 0.25) is 5.95 Å². The molecule has 1 aliphatic heterocycles. The molecule has 5 rings (SSSR count). The van der Waals surface area contributed by atoms with E-state index in [4.69, 9.17) is 14.9 Å². The van der Waals surface area contributed by atoms with E-state index >= 15 is 4.39 Å². The lowest BCUT2D eigenvalue weighted by atomic mass is 9.99. The number of nitrogens with zero attached hydrogens (tertiary/aromatic N) is 7. The molecule has 0 spiro atoms. The number of aromatic nitrogens is 5. The van der Waals surface area contributed by atoms with E-state index in [1.54, 1.807) is 6.07 Å². The molecule has 0 bridgehead atoms. The Kier molecular flexibility index (Phi) is 9.17. The first-order valence-electron chi connectivity index (χ1n) is 13.8. The first kappa shape index (κ1) is 30.9. The molecule has 12 heteroatoms. The molecule has 0 amide bonds. The van der Waals surface area contributed by atoms with Gasteiger partial charge in [-0.15, -0.1) is 0 Å². The quantitative estimate of drug-likeness (QED) is 0.305. The average molecular weight is 581 g/mol. The van der Waals surface area contributed by atoms with Gasteiger partial charge in [-0.05, 0) is 72.5 Å². The Bertz CT molecular complexity index is 1580. The van der Waals surface area contributed by atoms with Crippen molar-refractivity contribution in [2.75, 3.05) is 32.5 Å². The smallest absolute Gasteiger partial charge is 0.290 e. The number of hydrogen-bond acceptors (Lipinski definition) is 8. The molecule has 3 aromatic heterocycles. The van der Waals surface area contributed by atoms with Crippen LogP contribution in [0, 0.1) is 18.6 Å². The van der Waals surface area contributed by atoms with E-state index in [0.717, 1.165) is 37.9 Å². The second kappa shape index (κ2) is 12.5. The van der Waals surface area contributed by atoms with Crippen molar-refractivity contribution >= 4 is 29.3 Å². The monoisotopic (exact) mass is 580 g/mol. The molecule has 0 radical (unpaired) electrons. The number of rotatable bonds is 6. The third kappa shape index (κ3) is 6.71. The molecule has 0 fully saturated rings. The minimum absolute atomic E-state index is 0.00993. The molecule has 1 aromatic carbocycles. The van der Waals surface area contributed by atoms with Gasteiger partial charge in [-0.3, -0.25) is 9.69 Å². The molecule has 1 aliphatic rings. The molecular weight excluding hydrogens is 542 g/mol. The molecule has 2 N–H and O–H groups in total. The van der Waals surface area contributed by atoms with Crippen molar-refractivity contribution in [3.05, 3.63) is 59.2 Å². The number of aryl methyl sites for hydroxylation is 1. The summed E-state index contributed by atoms with van der Waals surface area (Å²) in [5.41, 5.74) is 3.08. The fourth-order valence-corrected chi connectivity index (χ4v) is 5.31. The number of likely N-dealkylation sites (N-methyl/N-ethyl adjacent to an activating group) is 1. The Labute approximate surface area is 244 Å². The normalized spacial score (nSPS) is 15.3. The van der Waals surface area contributed by atoms with Gasteiger partial charge in [-0.2, -0.15) is 0 Å². The van der Waals surface area contributed by atoms with Crippen LogP contribution in [0.1, 0.15) is 44.8 Å². The Balaban J connectivity index is 0.00000129. The van der Waals surface area contributed by atoms with Crippen LogP contribution in [-0.2, 0) is 23.3 Å². The van der Waals surface area contributed by atoms with Crippen LogP contribution in [0.5, 0.6) is 0 Å². The van der Waals surface area contributed by atoms with Crippen LogP contribution < -0.4 is 5.32 Å². The summed E-state index contributed by atoms with van der Waals surface area (Å²) in [6.07, 6.45) is 1.94. The number of benzene rings is 1. The first-order chi connectivity index (χ1) is 19.8. The molecule has 4 heterocycles. The summed E-state index contributed by atoms with van der Waals surface area (Å²) >= 11 is 0. The second-order valence-corrected chi connectivity index (χ2v) is 11.7. The predicted octanol–water partition coefficient (Wildman–Crippen LogP) is 4.98. The maximum Gasteiger partial charge on any atom is 0.290 e. The summed E-state index contributed by atoms with van der Waals surface area (Å²) in [4.78, 5) is 30.8. The van der Waals surface area contributed by atoms with Crippen LogP contribution in [0.25, 0.3) is 22.3 Å². The van der Waals surface area contributed by atoms with E-state index in [1.807, 2.05) is 38.3 Å². The van der Waals surface area contributed by atoms with Crippen LogP contribution in [0.3, 0.4) is 0 Å². The van der Waals surface area contributed by atoms with E-state index in [1.165, 1.54) is 11.6 Å². The van der Waals surface area contributed by atoms with Crippen molar-refractivity contribution in [1.82, 2.24) is 34.3 Å². The third-order valence-electron chi connectivity index (χ3n) is 7.20. The molecule has 10 nitrogen and oxygen atoms in total. The van der Waals surface area contributed by atoms with Gasteiger partial charge in [-0.1, -0.05) is 6.07 Å². The minimum atomic E-state index is -0.636. The number of hydrogen-bond donors (Lipinski definition) is 2. The van der Waals surface area contributed by atoms with Gasteiger partial charge < -0.3 is 19.9 Å². The first-order valence-corrected chi connectivity index (χ1v) is 13.8. The summed E-state index contributed by atoms with van der Waals surface area (Å²) < 4.78 is 32.0. The highest BCUT2D eigenvalue weighted by Gasteiger charge is 2.25. The van der Waals surface area contributed by atoms with Crippen molar-refractivity contribution in [3.63, 3.8) is 0 Å². The summed E-state index contributed by atoms with van der Waals surface area (Å²) in [5, 5.41) is 10.0. The largest absolute Gasteiger partial charge is 0.483 e. The van der Waals surface area contributed by atoms with E-state index < -0.39 is 11.6 Å². The maximum absolute atomic E-state index is 15.1. The zero-order valence-electron chi connectivity index (χ0n) is 25.1. The Morgan fingerprint density at radius 1 is 1.14 bits per heavy atom. The topological polar surface area (TPSA) is 112 Å². The average Bonchev–Trinajstić information content (AvgIpc) is 3.26. The van der Waals surface area contributed by atoms with Gasteiger partial charge in [0.05, 0.1) is 11.7 Å². The summed E-state index contributed by atoms with van der Waals surface area (Å²) in [7, 11) is 4.17. The number of carboxylic acid groups (broad SMARTS) is 1. The van der Waals surface area contributed by atoms with Gasteiger partial charge >= 0.3 is 0 Å². The van der Waals surface area contributed by atoms with Crippen LogP contribution in [0.2, 0.25) is 0 Å². The lowest BCUT2D eigenvalue weighted by Crippen LogP contribution is -2.42. The number of carbonyl (C=O) groups is 1. The van der Waals surface area contributed by atoms with Crippen LogP contribution in [0.15, 0.2) is 30.5 Å². The molecule has 0 saturated carbocycles. The van der Waals surface area contributed by atoms with Crippen molar-refractivity contribution in [3.8, 4) is 11.3 Å². The fourth-order valence-electron chi connectivity index (χ4n) is 5.31. The molecule has 224 valence electrons. The number of anilines is 2. The zero-order chi connectivity index (χ0) is 30.8. The summed E-state index contributed by atoms with van der Waals surface area (Å²) in [5.74, 6) is 0.307. The van der Waals surface area contributed by atoms with Crippen LogP contribution in [0.4, 0.5) is 20.5 Å². The molecule has 1 atom stereocenters. The zero-order valence-corrected chi connectivity index (χ0v) is 25.1. The number of nitrogens with one attached hydrogen (secondary N) is 1.